The molecule has 0 bridgehead atoms. The molecule has 1 aliphatic rings. The number of rotatable bonds is 2. The molecule has 1 amide bonds. The van der Waals surface area contributed by atoms with Gasteiger partial charge in [0.05, 0.1) is 0 Å². The quantitative estimate of drug-likeness (QED) is 0.501. The molecular formula is C15H17N3O. The molecule has 4 heteroatoms. The van der Waals surface area contributed by atoms with Gasteiger partial charge in [-0.1, -0.05) is 18.9 Å². The van der Waals surface area contributed by atoms with E-state index < -0.39 is 0 Å². The van der Waals surface area contributed by atoms with E-state index in [9.17, 15) is 10.1 Å². The smallest absolute Gasteiger partial charge is 0.267 e. The zero-order chi connectivity index (χ0) is 13.5. The van der Waals surface area contributed by atoms with Crippen molar-refractivity contribution in [2.24, 2.45) is 0 Å². The lowest BCUT2D eigenvalue weighted by Gasteiger charge is -2.08. The molecule has 0 saturated heterocycles. The van der Waals surface area contributed by atoms with Crippen molar-refractivity contribution in [2.45, 2.75) is 38.5 Å². The second-order valence-corrected chi connectivity index (χ2v) is 4.67. The Morgan fingerprint density at radius 2 is 1.95 bits per heavy atom. The third kappa shape index (κ3) is 3.65. The maximum atomic E-state index is 12.1. The Kier molecular flexibility index (Phi) is 4.68. The molecule has 1 saturated carbocycles. The molecule has 0 spiro atoms. The predicted octanol–water partition coefficient (Wildman–Crippen LogP) is 3.19. The van der Waals surface area contributed by atoms with Crippen molar-refractivity contribution in [2.75, 3.05) is 5.32 Å². The highest BCUT2D eigenvalue weighted by Crippen LogP contribution is 2.25. The molecular weight excluding hydrogens is 238 g/mol. The first kappa shape index (κ1) is 13.3. The summed E-state index contributed by atoms with van der Waals surface area (Å²) in [5.41, 5.74) is 1.26. The van der Waals surface area contributed by atoms with Crippen LogP contribution in [0.3, 0.4) is 0 Å². The molecule has 1 fully saturated rings. The summed E-state index contributed by atoms with van der Waals surface area (Å²) in [5, 5.41) is 11.9. The van der Waals surface area contributed by atoms with Crippen LogP contribution >= 0.6 is 0 Å². The number of carbonyl (C=O) groups excluding carboxylic acids is 1. The summed E-state index contributed by atoms with van der Waals surface area (Å²) < 4.78 is 0. The van der Waals surface area contributed by atoms with E-state index in [4.69, 9.17) is 0 Å². The molecule has 0 aliphatic heterocycles. The fourth-order valence-electron chi connectivity index (χ4n) is 2.31. The number of anilines is 1. The average Bonchev–Trinajstić information content (AvgIpc) is 2.70. The summed E-state index contributed by atoms with van der Waals surface area (Å²) in [6, 6.07) is 7.35. The van der Waals surface area contributed by atoms with Gasteiger partial charge in [-0.2, -0.15) is 5.26 Å². The molecule has 0 atom stereocenters. The van der Waals surface area contributed by atoms with Crippen LogP contribution in [0, 0.1) is 11.3 Å². The molecule has 98 valence electrons. The van der Waals surface area contributed by atoms with Gasteiger partial charge in [0, 0.05) is 6.20 Å². The summed E-state index contributed by atoms with van der Waals surface area (Å²) in [6.07, 6.45) is 7.83. The Balaban J connectivity index is 2.15. The number of amides is 1. The maximum absolute atomic E-state index is 12.1. The monoisotopic (exact) mass is 255 g/mol. The zero-order valence-corrected chi connectivity index (χ0v) is 10.9. The number of hydrogen-bond donors (Lipinski definition) is 1. The third-order valence-corrected chi connectivity index (χ3v) is 3.31. The highest BCUT2D eigenvalue weighted by Gasteiger charge is 2.17. The van der Waals surface area contributed by atoms with Crippen molar-refractivity contribution < 1.29 is 4.79 Å². The van der Waals surface area contributed by atoms with Crippen molar-refractivity contribution in [3.05, 3.63) is 35.5 Å². The highest BCUT2D eigenvalue weighted by molar-refractivity contribution is 6.06. The van der Waals surface area contributed by atoms with Crippen LogP contribution in [-0.4, -0.2) is 10.9 Å². The van der Waals surface area contributed by atoms with Crippen LogP contribution < -0.4 is 5.32 Å². The number of allylic oxidation sites excluding steroid dienone is 1. The van der Waals surface area contributed by atoms with Gasteiger partial charge in [-0.05, 0) is 43.4 Å². The van der Waals surface area contributed by atoms with E-state index in [-0.39, 0.29) is 11.5 Å². The van der Waals surface area contributed by atoms with Crippen LogP contribution in [-0.2, 0) is 4.79 Å². The van der Waals surface area contributed by atoms with E-state index in [2.05, 4.69) is 16.4 Å². The van der Waals surface area contributed by atoms with Gasteiger partial charge in [0.15, 0.2) is 0 Å². The first-order valence-electron chi connectivity index (χ1n) is 6.66. The summed E-state index contributed by atoms with van der Waals surface area (Å²) in [7, 11) is 0. The molecule has 1 aromatic heterocycles. The Bertz CT molecular complexity index is 504. The van der Waals surface area contributed by atoms with Gasteiger partial charge in [0.25, 0.3) is 5.91 Å². The third-order valence-electron chi connectivity index (χ3n) is 3.31. The van der Waals surface area contributed by atoms with Gasteiger partial charge in [-0.25, -0.2) is 4.98 Å². The van der Waals surface area contributed by atoms with Crippen molar-refractivity contribution in [3.63, 3.8) is 0 Å². The van der Waals surface area contributed by atoms with E-state index >= 15 is 0 Å². The number of pyridine rings is 1. The molecule has 0 aromatic carbocycles. The molecule has 0 radical (unpaired) electrons. The lowest BCUT2D eigenvalue weighted by molar-refractivity contribution is -0.112. The summed E-state index contributed by atoms with van der Waals surface area (Å²) in [6.45, 7) is 0. The van der Waals surface area contributed by atoms with Gasteiger partial charge in [-0.15, -0.1) is 0 Å². The average molecular weight is 255 g/mol. The maximum Gasteiger partial charge on any atom is 0.267 e. The van der Waals surface area contributed by atoms with Crippen molar-refractivity contribution in [3.8, 4) is 6.07 Å². The van der Waals surface area contributed by atoms with Gasteiger partial charge >= 0.3 is 0 Å². The van der Waals surface area contributed by atoms with E-state index in [0.717, 1.165) is 31.3 Å². The van der Waals surface area contributed by atoms with Crippen molar-refractivity contribution >= 4 is 11.7 Å². The van der Waals surface area contributed by atoms with Crippen molar-refractivity contribution in [1.82, 2.24) is 4.98 Å². The predicted molar refractivity (Wildman–Crippen MR) is 73.2 cm³/mol. The number of hydrogen-bond acceptors (Lipinski definition) is 3. The van der Waals surface area contributed by atoms with E-state index in [0.29, 0.717) is 5.82 Å². The summed E-state index contributed by atoms with van der Waals surface area (Å²) in [5.74, 6) is 0.146. The summed E-state index contributed by atoms with van der Waals surface area (Å²) >= 11 is 0. The van der Waals surface area contributed by atoms with Crippen LogP contribution in [0.2, 0.25) is 0 Å². The highest BCUT2D eigenvalue weighted by atomic mass is 16.1. The molecule has 19 heavy (non-hydrogen) atoms. The van der Waals surface area contributed by atoms with Crippen LogP contribution in [0.4, 0.5) is 5.82 Å². The van der Waals surface area contributed by atoms with Gasteiger partial charge in [0.1, 0.15) is 17.5 Å². The topological polar surface area (TPSA) is 65.8 Å². The van der Waals surface area contributed by atoms with E-state index in [1.807, 2.05) is 0 Å². The van der Waals surface area contributed by atoms with Gasteiger partial charge < -0.3 is 5.32 Å². The fraction of sp³-hybridized carbons (Fsp3) is 0.400. The number of aromatic nitrogens is 1. The molecule has 1 aliphatic carbocycles. The largest absolute Gasteiger partial charge is 0.306 e. The Morgan fingerprint density at radius 3 is 2.53 bits per heavy atom. The molecule has 1 N–H and O–H groups in total. The first-order chi connectivity index (χ1) is 9.31. The zero-order valence-electron chi connectivity index (χ0n) is 10.9. The fourth-order valence-corrected chi connectivity index (χ4v) is 2.31. The van der Waals surface area contributed by atoms with Crippen LogP contribution in [0.25, 0.3) is 0 Å². The van der Waals surface area contributed by atoms with Gasteiger partial charge in [0.2, 0.25) is 0 Å². The number of nitriles is 1. The number of nitrogens with zero attached hydrogens (tertiary/aromatic N) is 2. The Hall–Kier alpha value is -2.15. The SMILES string of the molecule is N#CC(C(=O)Nc1ccccn1)=C1CCCCCC1. The number of carbonyl (C=O) groups is 1. The molecule has 4 nitrogen and oxygen atoms in total. The van der Waals surface area contributed by atoms with Crippen LogP contribution in [0.1, 0.15) is 38.5 Å². The Morgan fingerprint density at radius 1 is 1.21 bits per heavy atom. The van der Waals surface area contributed by atoms with Gasteiger partial charge in [-0.3, -0.25) is 4.79 Å². The molecule has 1 aromatic rings. The lowest BCUT2D eigenvalue weighted by atomic mass is 10.0. The molecule has 2 rings (SSSR count). The lowest BCUT2D eigenvalue weighted by Crippen LogP contribution is -2.16. The van der Waals surface area contributed by atoms with Crippen LogP contribution in [0.5, 0.6) is 0 Å². The normalized spacial score (nSPS) is 15.2. The van der Waals surface area contributed by atoms with E-state index in [1.165, 1.54) is 12.8 Å². The van der Waals surface area contributed by atoms with E-state index in [1.54, 1.807) is 24.4 Å². The number of nitrogens with one attached hydrogen (secondary N) is 1. The van der Waals surface area contributed by atoms with Crippen molar-refractivity contribution in [1.29, 1.82) is 5.26 Å². The minimum absolute atomic E-state index is 0.271. The molecule has 1 heterocycles. The Labute approximate surface area is 113 Å². The van der Waals surface area contributed by atoms with Crippen LogP contribution in [0.15, 0.2) is 35.5 Å². The second kappa shape index (κ2) is 6.69. The summed E-state index contributed by atoms with van der Waals surface area (Å²) in [4.78, 5) is 16.2. The standard InChI is InChI=1S/C15H17N3O/c16-11-13(12-7-3-1-2-4-8-12)15(19)18-14-9-5-6-10-17-14/h5-6,9-10H,1-4,7-8H2,(H,17,18,19). The minimum Gasteiger partial charge on any atom is -0.306 e. The minimum atomic E-state index is -0.335. The first-order valence-corrected chi connectivity index (χ1v) is 6.66. The molecule has 0 unspecified atom stereocenters. The second-order valence-electron chi connectivity index (χ2n) is 4.67.